The molecule has 0 aliphatic carbocycles. The van der Waals surface area contributed by atoms with Crippen LogP contribution in [0.4, 0.5) is 5.69 Å². The van der Waals surface area contributed by atoms with Crippen molar-refractivity contribution in [3.8, 4) is 11.5 Å². The summed E-state index contributed by atoms with van der Waals surface area (Å²) in [7, 11) is 0. The molecule has 0 saturated carbocycles. The fourth-order valence-electron chi connectivity index (χ4n) is 3.68. The molecule has 2 aromatic carbocycles. The summed E-state index contributed by atoms with van der Waals surface area (Å²) in [4.78, 5) is 41.6. The minimum Gasteiger partial charge on any atom is -0.494 e. The van der Waals surface area contributed by atoms with Gasteiger partial charge in [-0.1, -0.05) is 18.2 Å². The first-order chi connectivity index (χ1) is 16.1. The molecular formula is C25H24N2O6. The minimum atomic E-state index is -0.957. The standard InChI is InChI=1S/C25H24N2O6/c1-2-31-20-12-10-18(11-13-20)27-23(28)15-22(25(27)30)26(16-21-9-6-14-32-21)24(29)17-33-19-7-4-3-5-8-19/h3-14,22H,2,15-17H2,1H3. The number of carbonyl (C=O) groups excluding carboxylic acids is 3. The maximum Gasteiger partial charge on any atom is 0.261 e. The first kappa shape index (κ1) is 22.1. The smallest absolute Gasteiger partial charge is 0.261 e. The fourth-order valence-corrected chi connectivity index (χ4v) is 3.68. The third kappa shape index (κ3) is 5.06. The number of amides is 3. The molecule has 170 valence electrons. The van der Waals surface area contributed by atoms with Crippen molar-refractivity contribution in [1.82, 2.24) is 4.90 Å². The molecular weight excluding hydrogens is 424 g/mol. The van der Waals surface area contributed by atoms with E-state index in [-0.39, 0.29) is 25.5 Å². The Morgan fingerprint density at radius 1 is 1.00 bits per heavy atom. The lowest BCUT2D eigenvalue weighted by molar-refractivity contribution is -0.141. The highest BCUT2D eigenvalue weighted by Gasteiger charge is 2.44. The van der Waals surface area contributed by atoms with Crippen LogP contribution >= 0.6 is 0 Å². The molecule has 2 heterocycles. The van der Waals surface area contributed by atoms with E-state index in [0.29, 0.717) is 29.6 Å². The Bertz CT molecular complexity index is 1100. The van der Waals surface area contributed by atoms with Crippen LogP contribution in [0.3, 0.4) is 0 Å². The number of hydrogen-bond donors (Lipinski definition) is 0. The highest BCUT2D eigenvalue weighted by molar-refractivity contribution is 6.23. The molecule has 1 atom stereocenters. The number of nitrogens with zero attached hydrogens (tertiary/aromatic N) is 2. The summed E-state index contributed by atoms with van der Waals surface area (Å²) < 4.78 is 16.4. The van der Waals surface area contributed by atoms with Gasteiger partial charge in [-0.3, -0.25) is 14.4 Å². The number of benzene rings is 2. The van der Waals surface area contributed by atoms with E-state index in [0.717, 1.165) is 4.90 Å². The Morgan fingerprint density at radius 3 is 2.39 bits per heavy atom. The van der Waals surface area contributed by atoms with E-state index in [9.17, 15) is 14.4 Å². The van der Waals surface area contributed by atoms with Gasteiger partial charge in [0.25, 0.3) is 11.8 Å². The second-order valence-electron chi connectivity index (χ2n) is 7.42. The molecule has 0 bridgehead atoms. The van der Waals surface area contributed by atoms with Crippen LogP contribution in [-0.2, 0) is 20.9 Å². The van der Waals surface area contributed by atoms with Crippen LogP contribution in [0, 0.1) is 0 Å². The summed E-state index contributed by atoms with van der Waals surface area (Å²) in [6, 6.07) is 18.1. The van der Waals surface area contributed by atoms with Gasteiger partial charge < -0.3 is 18.8 Å². The van der Waals surface area contributed by atoms with Gasteiger partial charge in [0.15, 0.2) is 6.61 Å². The van der Waals surface area contributed by atoms with E-state index in [2.05, 4.69) is 0 Å². The van der Waals surface area contributed by atoms with Crippen LogP contribution < -0.4 is 14.4 Å². The molecule has 33 heavy (non-hydrogen) atoms. The molecule has 1 saturated heterocycles. The van der Waals surface area contributed by atoms with E-state index in [1.54, 1.807) is 60.7 Å². The summed E-state index contributed by atoms with van der Waals surface area (Å²) in [6.45, 7) is 2.16. The van der Waals surface area contributed by atoms with Gasteiger partial charge in [0.2, 0.25) is 5.91 Å². The first-order valence-electron chi connectivity index (χ1n) is 10.7. The van der Waals surface area contributed by atoms with Gasteiger partial charge in [-0.25, -0.2) is 4.90 Å². The van der Waals surface area contributed by atoms with Crippen LogP contribution in [-0.4, -0.2) is 41.9 Å². The lowest BCUT2D eigenvalue weighted by Crippen LogP contribution is -2.46. The van der Waals surface area contributed by atoms with Crippen LogP contribution in [0.2, 0.25) is 0 Å². The Morgan fingerprint density at radius 2 is 1.73 bits per heavy atom. The summed E-state index contributed by atoms with van der Waals surface area (Å²) in [5.41, 5.74) is 0.432. The van der Waals surface area contributed by atoms with Gasteiger partial charge in [-0.15, -0.1) is 0 Å². The van der Waals surface area contributed by atoms with Crippen molar-refractivity contribution in [1.29, 1.82) is 0 Å². The molecule has 1 unspecified atom stereocenters. The van der Waals surface area contributed by atoms with Gasteiger partial charge in [-0.2, -0.15) is 0 Å². The molecule has 1 aromatic heterocycles. The summed E-state index contributed by atoms with van der Waals surface area (Å²) in [5.74, 6) is 0.412. The highest BCUT2D eigenvalue weighted by Crippen LogP contribution is 2.28. The average molecular weight is 448 g/mol. The number of anilines is 1. The fraction of sp³-hybridized carbons (Fsp3) is 0.240. The minimum absolute atomic E-state index is 0.0464. The Labute approximate surface area is 191 Å². The second-order valence-corrected chi connectivity index (χ2v) is 7.42. The Kier molecular flexibility index (Phi) is 6.73. The van der Waals surface area contributed by atoms with Crippen LogP contribution in [0.25, 0.3) is 0 Å². The predicted molar refractivity (Wildman–Crippen MR) is 120 cm³/mol. The average Bonchev–Trinajstić information content (AvgIpc) is 3.45. The molecule has 8 heteroatoms. The second kappa shape index (κ2) is 10.0. The van der Waals surface area contributed by atoms with Crippen molar-refractivity contribution in [2.75, 3.05) is 18.1 Å². The molecule has 3 amide bonds. The molecule has 0 radical (unpaired) electrons. The maximum absolute atomic E-state index is 13.3. The quantitative estimate of drug-likeness (QED) is 0.466. The Hall–Kier alpha value is -4.07. The van der Waals surface area contributed by atoms with E-state index in [1.807, 2.05) is 13.0 Å². The molecule has 1 aliphatic rings. The molecule has 1 aliphatic heterocycles. The SMILES string of the molecule is CCOc1ccc(N2C(=O)CC(N(Cc3ccco3)C(=O)COc3ccccc3)C2=O)cc1. The van der Waals surface area contributed by atoms with Crippen molar-refractivity contribution in [3.05, 3.63) is 78.8 Å². The summed E-state index contributed by atoms with van der Waals surface area (Å²) in [5, 5.41) is 0. The van der Waals surface area contributed by atoms with Gasteiger partial charge in [0.05, 0.1) is 31.5 Å². The highest BCUT2D eigenvalue weighted by atomic mass is 16.5. The summed E-state index contributed by atoms with van der Waals surface area (Å²) in [6.07, 6.45) is 1.37. The maximum atomic E-state index is 13.3. The molecule has 0 spiro atoms. The zero-order chi connectivity index (χ0) is 23.2. The van der Waals surface area contributed by atoms with Gasteiger partial charge in [-0.05, 0) is 55.5 Å². The number of para-hydroxylation sites is 1. The third-order valence-corrected chi connectivity index (χ3v) is 5.24. The van der Waals surface area contributed by atoms with Crippen LogP contribution in [0.5, 0.6) is 11.5 Å². The van der Waals surface area contributed by atoms with Crippen molar-refractivity contribution in [2.24, 2.45) is 0 Å². The van der Waals surface area contributed by atoms with Crippen molar-refractivity contribution < 1.29 is 28.3 Å². The van der Waals surface area contributed by atoms with E-state index < -0.39 is 17.9 Å². The predicted octanol–water partition coefficient (Wildman–Crippen LogP) is 3.42. The number of furan rings is 1. The number of rotatable bonds is 9. The summed E-state index contributed by atoms with van der Waals surface area (Å²) >= 11 is 0. The zero-order valence-corrected chi connectivity index (χ0v) is 18.2. The lowest BCUT2D eigenvalue weighted by Gasteiger charge is -2.27. The van der Waals surface area contributed by atoms with Crippen LogP contribution in [0.15, 0.2) is 77.4 Å². The van der Waals surface area contributed by atoms with Crippen LogP contribution in [0.1, 0.15) is 19.1 Å². The Balaban J connectivity index is 1.53. The third-order valence-electron chi connectivity index (χ3n) is 5.24. The molecule has 8 nitrogen and oxygen atoms in total. The van der Waals surface area contributed by atoms with E-state index in [1.165, 1.54) is 11.2 Å². The van der Waals surface area contributed by atoms with Crippen molar-refractivity contribution in [3.63, 3.8) is 0 Å². The van der Waals surface area contributed by atoms with E-state index in [4.69, 9.17) is 13.9 Å². The first-order valence-corrected chi connectivity index (χ1v) is 10.7. The lowest BCUT2D eigenvalue weighted by atomic mass is 10.2. The zero-order valence-electron chi connectivity index (χ0n) is 18.2. The number of carbonyl (C=O) groups is 3. The topological polar surface area (TPSA) is 89.3 Å². The number of hydrogen-bond acceptors (Lipinski definition) is 6. The largest absolute Gasteiger partial charge is 0.494 e. The van der Waals surface area contributed by atoms with Gasteiger partial charge >= 0.3 is 0 Å². The molecule has 4 rings (SSSR count). The number of imide groups is 1. The monoisotopic (exact) mass is 448 g/mol. The molecule has 0 N–H and O–H groups in total. The van der Waals surface area contributed by atoms with E-state index >= 15 is 0 Å². The van der Waals surface area contributed by atoms with Crippen molar-refractivity contribution in [2.45, 2.75) is 25.9 Å². The molecule has 3 aromatic rings. The van der Waals surface area contributed by atoms with Gasteiger partial charge in [0, 0.05) is 0 Å². The molecule has 1 fully saturated rings. The van der Waals surface area contributed by atoms with Gasteiger partial charge in [0.1, 0.15) is 23.3 Å². The van der Waals surface area contributed by atoms with Crippen molar-refractivity contribution >= 4 is 23.4 Å². The number of ether oxygens (including phenoxy) is 2. The normalized spacial score (nSPS) is 15.5.